The number of rotatable bonds is 7. The van der Waals surface area contributed by atoms with Crippen LogP contribution in [0.25, 0.3) is 10.6 Å². The molecule has 5 rings (SSSR count). The minimum Gasteiger partial charge on any atom is -0.391 e. The Morgan fingerprint density at radius 3 is 2.61 bits per heavy atom. The van der Waals surface area contributed by atoms with E-state index in [0.717, 1.165) is 35.7 Å². The van der Waals surface area contributed by atoms with Crippen molar-refractivity contribution < 1.29 is 32.0 Å². The van der Waals surface area contributed by atoms with Gasteiger partial charge in [-0.2, -0.15) is 18.3 Å². The molecule has 2 saturated heterocycles. The van der Waals surface area contributed by atoms with Crippen molar-refractivity contribution in [2.75, 3.05) is 19.6 Å². The van der Waals surface area contributed by atoms with E-state index in [0.29, 0.717) is 21.8 Å². The number of hydrogen-bond acceptors (Lipinski definition) is 8. The number of ether oxygens (including phenoxy) is 1. The second kappa shape index (κ2) is 12.0. The fraction of sp³-hybridized carbons (Fsp3) is 0.538. The zero-order valence-corrected chi connectivity index (χ0v) is 24.1. The van der Waals surface area contributed by atoms with Crippen molar-refractivity contribution in [3.8, 4) is 16.5 Å². The van der Waals surface area contributed by atoms with Gasteiger partial charge >= 0.3 is 12.3 Å². The third-order valence-electron chi connectivity index (χ3n) is 7.32. The summed E-state index contributed by atoms with van der Waals surface area (Å²) in [5, 5.41) is 11.1. The van der Waals surface area contributed by atoms with Gasteiger partial charge in [-0.3, -0.25) is 4.79 Å². The summed E-state index contributed by atoms with van der Waals surface area (Å²) in [6, 6.07) is 4.77. The number of halogens is 4. The molecule has 15 heteroatoms. The molecule has 0 aliphatic carbocycles. The normalized spacial score (nSPS) is 18.8. The van der Waals surface area contributed by atoms with Crippen LogP contribution >= 0.6 is 22.9 Å². The first kappa shape index (κ1) is 29.4. The Labute approximate surface area is 243 Å². The van der Waals surface area contributed by atoms with E-state index in [1.165, 1.54) is 22.1 Å². The van der Waals surface area contributed by atoms with Crippen LogP contribution in [0, 0.1) is 0 Å². The number of carbonyl (C=O) groups is 2. The van der Waals surface area contributed by atoms with E-state index in [2.05, 4.69) is 34.3 Å². The lowest BCUT2D eigenvalue weighted by molar-refractivity contribution is -0.169. The molecule has 3 aromatic heterocycles. The highest BCUT2D eigenvalue weighted by Gasteiger charge is 2.48. The zero-order chi connectivity index (χ0) is 29.3. The number of nitrogens with one attached hydrogen (secondary N) is 1. The van der Waals surface area contributed by atoms with Crippen LogP contribution in [0.15, 0.2) is 28.8 Å². The van der Waals surface area contributed by atoms with Crippen molar-refractivity contribution in [3.63, 3.8) is 0 Å². The molecular formula is C26H30ClF3N6O4S. The molecule has 2 aliphatic rings. The Kier molecular flexibility index (Phi) is 8.62. The lowest BCUT2D eigenvalue weighted by Crippen LogP contribution is -2.47. The molecule has 0 bridgehead atoms. The molecule has 0 spiro atoms. The molecule has 0 radical (unpaired) electrons. The molecular weight excluding hydrogens is 585 g/mol. The number of hydrogen-bond donors (Lipinski definition) is 1. The summed E-state index contributed by atoms with van der Waals surface area (Å²) in [5.41, 5.74) is 0.134. The minimum absolute atomic E-state index is 0.0440. The van der Waals surface area contributed by atoms with Gasteiger partial charge in [0.2, 0.25) is 5.88 Å². The zero-order valence-electron chi connectivity index (χ0n) is 22.5. The van der Waals surface area contributed by atoms with Crippen LogP contribution in [-0.4, -0.2) is 80.7 Å². The number of thiophene rings is 1. The van der Waals surface area contributed by atoms with Gasteiger partial charge in [0.25, 0.3) is 5.91 Å². The van der Waals surface area contributed by atoms with Crippen LogP contribution in [0.3, 0.4) is 0 Å². The molecule has 5 heterocycles. The largest absolute Gasteiger partial charge is 0.414 e. The molecule has 1 unspecified atom stereocenters. The van der Waals surface area contributed by atoms with E-state index in [1.807, 2.05) is 0 Å². The minimum atomic E-state index is -4.55. The number of amides is 2. The van der Waals surface area contributed by atoms with Gasteiger partial charge in [0.05, 0.1) is 15.8 Å². The molecule has 1 N–H and O–H groups in total. The lowest BCUT2D eigenvalue weighted by atomic mass is 10.0. The summed E-state index contributed by atoms with van der Waals surface area (Å²) >= 11 is 7.31. The highest BCUT2D eigenvalue weighted by atomic mass is 35.5. The van der Waals surface area contributed by atoms with Crippen molar-refractivity contribution in [2.24, 2.45) is 0 Å². The summed E-state index contributed by atoms with van der Waals surface area (Å²) in [4.78, 5) is 29.8. The number of nitrogens with zero attached hydrogens (tertiary/aromatic N) is 5. The van der Waals surface area contributed by atoms with Gasteiger partial charge < -0.3 is 24.4 Å². The average Bonchev–Trinajstić information content (AvgIpc) is 3.71. The summed E-state index contributed by atoms with van der Waals surface area (Å²) in [5.74, 6) is -0.528. The quantitative estimate of drug-likeness (QED) is 0.378. The molecule has 2 fully saturated rings. The fourth-order valence-electron chi connectivity index (χ4n) is 5.15. The third-order valence-corrected chi connectivity index (χ3v) is 8.57. The second-order valence-corrected chi connectivity index (χ2v) is 12.2. The van der Waals surface area contributed by atoms with E-state index in [1.54, 1.807) is 18.2 Å². The first-order valence-electron chi connectivity index (χ1n) is 13.4. The third kappa shape index (κ3) is 6.87. The van der Waals surface area contributed by atoms with Gasteiger partial charge in [0, 0.05) is 43.9 Å². The number of piperidine rings is 1. The molecule has 2 aliphatic heterocycles. The SMILES string of the molecule is CC(C)N1CCC(NC(=O)Oc2cc(C(=O)N3CCCC3C(F)(F)F)nn2Cc2cc(-c3ccc(Cl)s3)on2)CC1. The molecule has 222 valence electrons. The molecule has 0 aromatic carbocycles. The van der Waals surface area contributed by atoms with Crippen LogP contribution in [0.5, 0.6) is 5.88 Å². The Bertz CT molecular complexity index is 1380. The van der Waals surface area contributed by atoms with Gasteiger partial charge in [-0.25, -0.2) is 9.48 Å². The van der Waals surface area contributed by atoms with Crippen LogP contribution in [0.1, 0.15) is 55.7 Å². The molecule has 10 nitrogen and oxygen atoms in total. The average molecular weight is 615 g/mol. The summed E-state index contributed by atoms with van der Waals surface area (Å²) in [7, 11) is 0. The summed E-state index contributed by atoms with van der Waals surface area (Å²) in [6.07, 6.45) is -3.74. The van der Waals surface area contributed by atoms with Gasteiger partial charge in [0.15, 0.2) is 11.5 Å². The first-order valence-corrected chi connectivity index (χ1v) is 14.6. The van der Waals surface area contributed by atoms with Crippen LogP contribution in [0.4, 0.5) is 18.0 Å². The Hall–Kier alpha value is -3.10. The molecule has 0 saturated carbocycles. The molecule has 41 heavy (non-hydrogen) atoms. The van der Waals surface area contributed by atoms with Gasteiger partial charge in [-0.1, -0.05) is 16.8 Å². The van der Waals surface area contributed by atoms with Crippen LogP contribution in [0.2, 0.25) is 4.34 Å². The number of likely N-dealkylation sites (tertiary alicyclic amines) is 2. The standard InChI is InChI=1S/C26H30ClF3N6O4S/c1-15(2)34-10-7-16(8-11-34)31-25(38)39-23-13-18(24(37)35-9-3-4-21(35)26(28,29)30)32-36(23)14-17-12-19(40-33-17)20-5-6-22(27)41-20/h5-6,12-13,15-16,21H,3-4,7-11,14H2,1-2H3,(H,31,38). The number of carbonyl (C=O) groups excluding carboxylic acids is 2. The summed E-state index contributed by atoms with van der Waals surface area (Å²) in [6.45, 7) is 5.80. The maximum Gasteiger partial charge on any atom is 0.414 e. The molecule has 1 atom stereocenters. The van der Waals surface area contributed by atoms with E-state index in [4.69, 9.17) is 20.9 Å². The van der Waals surface area contributed by atoms with Crippen molar-refractivity contribution in [3.05, 3.63) is 40.0 Å². The van der Waals surface area contributed by atoms with Crippen LogP contribution in [-0.2, 0) is 6.54 Å². The van der Waals surface area contributed by atoms with Crippen molar-refractivity contribution in [2.45, 2.75) is 70.4 Å². The Morgan fingerprint density at radius 1 is 1.20 bits per heavy atom. The number of alkyl halides is 3. The van der Waals surface area contributed by atoms with E-state index in [9.17, 15) is 22.8 Å². The maximum atomic E-state index is 13.5. The second-order valence-electron chi connectivity index (χ2n) is 10.4. The van der Waals surface area contributed by atoms with Crippen molar-refractivity contribution in [1.82, 2.24) is 30.1 Å². The Morgan fingerprint density at radius 2 is 1.95 bits per heavy atom. The summed E-state index contributed by atoms with van der Waals surface area (Å²) < 4.78 is 53.4. The lowest BCUT2D eigenvalue weighted by Gasteiger charge is -2.34. The van der Waals surface area contributed by atoms with Gasteiger partial charge in [-0.15, -0.1) is 11.3 Å². The predicted octanol–water partition coefficient (Wildman–Crippen LogP) is 5.43. The van der Waals surface area contributed by atoms with Gasteiger partial charge in [0.1, 0.15) is 11.7 Å². The molecule has 3 aromatic rings. The van der Waals surface area contributed by atoms with E-state index < -0.39 is 24.2 Å². The predicted molar refractivity (Wildman–Crippen MR) is 145 cm³/mol. The Balaban J connectivity index is 1.34. The topological polar surface area (TPSA) is 106 Å². The highest BCUT2D eigenvalue weighted by Crippen LogP contribution is 2.34. The maximum absolute atomic E-state index is 13.5. The van der Waals surface area contributed by atoms with Crippen LogP contribution < -0.4 is 10.1 Å². The van der Waals surface area contributed by atoms with Crippen molar-refractivity contribution >= 4 is 34.9 Å². The number of aromatic nitrogens is 3. The van der Waals surface area contributed by atoms with E-state index in [-0.39, 0.29) is 43.5 Å². The first-order chi connectivity index (χ1) is 19.5. The fourth-order valence-corrected chi connectivity index (χ4v) is 6.14. The smallest absolute Gasteiger partial charge is 0.391 e. The van der Waals surface area contributed by atoms with Gasteiger partial charge in [-0.05, 0) is 51.7 Å². The monoisotopic (exact) mass is 614 g/mol. The molecule has 2 amide bonds. The van der Waals surface area contributed by atoms with Crippen molar-refractivity contribution in [1.29, 1.82) is 0 Å². The van der Waals surface area contributed by atoms with E-state index >= 15 is 0 Å². The highest BCUT2D eigenvalue weighted by molar-refractivity contribution is 7.19.